The summed E-state index contributed by atoms with van der Waals surface area (Å²) in [5, 5.41) is 0. The molecule has 0 amide bonds. The minimum atomic E-state index is 0.0373. The zero-order valence-corrected chi connectivity index (χ0v) is 21.0. The van der Waals surface area contributed by atoms with Gasteiger partial charge in [0, 0.05) is 39.1 Å². The summed E-state index contributed by atoms with van der Waals surface area (Å²) >= 11 is 0. The van der Waals surface area contributed by atoms with Crippen LogP contribution in [0.5, 0.6) is 11.5 Å². The molecule has 0 aliphatic carbocycles. The average Bonchev–Trinajstić information content (AvgIpc) is 2.87. The summed E-state index contributed by atoms with van der Waals surface area (Å²) in [5.74, 6) is 2.41. The van der Waals surface area contributed by atoms with E-state index in [1.807, 2.05) is 12.1 Å². The van der Waals surface area contributed by atoms with Gasteiger partial charge < -0.3 is 14.4 Å². The zero-order chi connectivity index (χ0) is 23.9. The number of nitrogens with zero attached hydrogens (tertiary/aromatic N) is 2. The highest BCUT2D eigenvalue weighted by molar-refractivity contribution is 5.58. The second-order valence-corrected chi connectivity index (χ2v) is 9.54. The predicted molar refractivity (Wildman–Crippen MR) is 141 cm³/mol. The average molecular weight is 459 g/mol. The number of rotatable bonds is 9. The molecule has 180 valence electrons. The van der Waals surface area contributed by atoms with Crippen LogP contribution in [-0.4, -0.2) is 44.7 Å². The van der Waals surface area contributed by atoms with Gasteiger partial charge in [0.05, 0.1) is 12.8 Å². The Kier molecular flexibility index (Phi) is 8.12. The number of benzene rings is 3. The van der Waals surface area contributed by atoms with Gasteiger partial charge in [0.25, 0.3) is 0 Å². The topological polar surface area (TPSA) is 24.9 Å². The normalized spacial score (nSPS) is 15.4. The lowest BCUT2D eigenvalue weighted by Crippen LogP contribution is -2.47. The molecule has 0 radical (unpaired) electrons. The molecule has 1 aliphatic heterocycles. The molecule has 1 saturated heterocycles. The van der Waals surface area contributed by atoms with Crippen LogP contribution in [-0.2, 0) is 0 Å². The largest absolute Gasteiger partial charge is 0.495 e. The maximum absolute atomic E-state index is 6.63. The van der Waals surface area contributed by atoms with Crippen LogP contribution >= 0.6 is 0 Å². The van der Waals surface area contributed by atoms with E-state index in [0.717, 1.165) is 50.6 Å². The van der Waals surface area contributed by atoms with E-state index in [-0.39, 0.29) is 6.10 Å². The molecule has 3 aromatic rings. The van der Waals surface area contributed by atoms with Gasteiger partial charge in [-0.3, -0.25) is 4.90 Å². The van der Waals surface area contributed by atoms with Gasteiger partial charge in [-0.25, -0.2) is 0 Å². The fraction of sp³-hybridized carbons (Fsp3) is 0.400. The van der Waals surface area contributed by atoms with Crippen LogP contribution in [0.3, 0.4) is 0 Å². The Balaban J connectivity index is 1.40. The van der Waals surface area contributed by atoms with E-state index >= 15 is 0 Å². The Hall–Kier alpha value is -2.98. The smallest absolute Gasteiger partial charge is 0.142 e. The third kappa shape index (κ3) is 6.12. The van der Waals surface area contributed by atoms with Crippen molar-refractivity contribution in [3.05, 3.63) is 89.5 Å². The van der Waals surface area contributed by atoms with E-state index in [2.05, 4.69) is 91.2 Å². The molecular formula is C30H38N2O2. The highest BCUT2D eigenvalue weighted by Crippen LogP contribution is 2.30. The summed E-state index contributed by atoms with van der Waals surface area (Å²) in [7, 11) is 1.75. The first-order valence-electron chi connectivity index (χ1n) is 12.5. The van der Waals surface area contributed by atoms with Crippen molar-refractivity contribution in [1.82, 2.24) is 4.90 Å². The summed E-state index contributed by atoms with van der Waals surface area (Å²) in [5.41, 5.74) is 5.01. The Labute approximate surface area is 205 Å². The number of methoxy groups -OCH3 is 1. The minimum Gasteiger partial charge on any atom is -0.495 e. The first-order chi connectivity index (χ1) is 16.5. The van der Waals surface area contributed by atoms with Crippen LogP contribution in [0.1, 0.15) is 49.0 Å². The number of aryl methyl sites for hydroxylation is 1. The Morgan fingerprint density at radius 2 is 1.53 bits per heavy atom. The maximum atomic E-state index is 6.63. The van der Waals surface area contributed by atoms with Crippen molar-refractivity contribution >= 4 is 5.69 Å². The zero-order valence-electron chi connectivity index (χ0n) is 21.0. The van der Waals surface area contributed by atoms with E-state index < -0.39 is 0 Å². The highest BCUT2D eigenvalue weighted by Gasteiger charge is 2.22. The van der Waals surface area contributed by atoms with Crippen LogP contribution in [0.4, 0.5) is 5.69 Å². The SMILES string of the molecule is COc1ccccc1N1CCN(CC[C@@H](Oc2cc(C)cc(C(C)C)c2)c2ccccc2)CC1. The molecule has 0 spiro atoms. The molecule has 0 bridgehead atoms. The number of hydrogen-bond donors (Lipinski definition) is 0. The number of piperazine rings is 1. The Bertz CT molecular complexity index is 1040. The van der Waals surface area contributed by atoms with Crippen molar-refractivity contribution in [2.75, 3.05) is 44.7 Å². The standard InChI is InChI=1S/C30H38N2O2/c1-23(2)26-20-24(3)21-27(22-26)34-29(25-10-6-5-7-11-25)14-15-31-16-18-32(19-17-31)28-12-8-9-13-30(28)33-4/h5-13,20-23,29H,14-19H2,1-4H3/t29-/m1/s1. The van der Waals surface area contributed by atoms with E-state index in [0.29, 0.717) is 5.92 Å². The molecule has 34 heavy (non-hydrogen) atoms. The molecule has 0 N–H and O–H groups in total. The lowest BCUT2D eigenvalue weighted by atomic mass is 10.0. The lowest BCUT2D eigenvalue weighted by Gasteiger charge is -2.37. The van der Waals surface area contributed by atoms with Crippen LogP contribution in [0.25, 0.3) is 0 Å². The molecular weight excluding hydrogens is 420 g/mol. The molecule has 0 saturated carbocycles. The fourth-order valence-electron chi connectivity index (χ4n) is 4.71. The molecule has 4 nitrogen and oxygen atoms in total. The van der Waals surface area contributed by atoms with Crippen LogP contribution in [0, 0.1) is 6.92 Å². The molecule has 4 heteroatoms. The van der Waals surface area contributed by atoms with E-state index in [9.17, 15) is 0 Å². The van der Waals surface area contributed by atoms with E-state index in [1.54, 1.807) is 7.11 Å². The van der Waals surface area contributed by atoms with Crippen LogP contribution < -0.4 is 14.4 Å². The van der Waals surface area contributed by atoms with Crippen LogP contribution in [0.2, 0.25) is 0 Å². The first kappa shape index (κ1) is 24.2. The molecule has 1 fully saturated rings. The second kappa shape index (κ2) is 11.4. The van der Waals surface area contributed by atoms with Gasteiger partial charge in [0.1, 0.15) is 17.6 Å². The van der Waals surface area contributed by atoms with Gasteiger partial charge in [-0.05, 0) is 53.8 Å². The quantitative estimate of drug-likeness (QED) is 0.367. The van der Waals surface area contributed by atoms with E-state index in [4.69, 9.17) is 9.47 Å². The molecule has 3 aromatic carbocycles. The van der Waals surface area contributed by atoms with Gasteiger partial charge >= 0.3 is 0 Å². The third-order valence-corrected chi connectivity index (χ3v) is 6.70. The summed E-state index contributed by atoms with van der Waals surface area (Å²) < 4.78 is 12.2. The number of para-hydroxylation sites is 2. The Morgan fingerprint density at radius 3 is 2.24 bits per heavy atom. The van der Waals surface area contributed by atoms with Gasteiger partial charge in [-0.2, -0.15) is 0 Å². The maximum Gasteiger partial charge on any atom is 0.142 e. The van der Waals surface area contributed by atoms with Crippen molar-refractivity contribution < 1.29 is 9.47 Å². The molecule has 4 rings (SSSR count). The third-order valence-electron chi connectivity index (χ3n) is 6.70. The summed E-state index contributed by atoms with van der Waals surface area (Å²) in [4.78, 5) is 4.99. The fourth-order valence-corrected chi connectivity index (χ4v) is 4.71. The predicted octanol–water partition coefficient (Wildman–Crippen LogP) is 6.46. The Morgan fingerprint density at radius 1 is 0.824 bits per heavy atom. The summed E-state index contributed by atoms with van der Waals surface area (Å²) in [6.07, 6.45) is 0.999. The molecule has 1 heterocycles. The van der Waals surface area contributed by atoms with Gasteiger partial charge in [-0.1, -0.05) is 62.4 Å². The van der Waals surface area contributed by atoms with Crippen molar-refractivity contribution in [1.29, 1.82) is 0 Å². The molecule has 0 unspecified atom stereocenters. The van der Waals surface area contributed by atoms with Crippen molar-refractivity contribution in [3.63, 3.8) is 0 Å². The summed E-state index contributed by atoms with van der Waals surface area (Å²) in [6.45, 7) is 11.7. The molecule has 1 atom stereocenters. The number of ether oxygens (including phenoxy) is 2. The molecule has 0 aromatic heterocycles. The minimum absolute atomic E-state index is 0.0373. The number of anilines is 1. The first-order valence-corrected chi connectivity index (χ1v) is 12.5. The van der Waals surface area contributed by atoms with Crippen LogP contribution in [0.15, 0.2) is 72.8 Å². The summed E-state index contributed by atoms with van der Waals surface area (Å²) in [6, 6.07) is 25.6. The van der Waals surface area contributed by atoms with Gasteiger partial charge in [-0.15, -0.1) is 0 Å². The van der Waals surface area contributed by atoms with Gasteiger partial charge in [0.2, 0.25) is 0 Å². The molecule has 1 aliphatic rings. The van der Waals surface area contributed by atoms with E-state index in [1.165, 1.54) is 22.4 Å². The van der Waals surface area contributed by atoms with Crippen molar-refractivity contribution in [3.8, 4) is 11.5 Å². The highest BCUT2D eigenvalue weighted by atomic mass is 16.5. The second-order valence-electron chi connectivity index (χ2n) is 9.54. The van der Waals surface area contributed by atoms with Gasteiger partial charge in [0.15, 0.2) is 0 Å². The van der Waals surface area contributed by atoms with Crippen molar-refractivity contribution in [2.24, 2.45) is 0 Å². The van der Waals surface area contributed by atoms with Crippen molar-refractivity contribution in [2.45, 2.75) is 39.2 Å². The monoisotopic (exact) mass is 458 g/mol. The lowest BCUT2D eigenvalue weighted by molar-refractivity contribution is 0.160. The number of hydrogen-bond acceptors (Lipinski definition) is 4.